The van der Waals surface area contributed by atoms with E-state index < -0.39 is 22.5 Å². The van der Waals surface area contributed by atoms with Crippen LogP contribution in [-0.4, -0.2) is 27.0 Å². The van der Waals surface area contributed by atoms with Crippen LogP contribution in [0.4, 0.5) is 5.69 Å². The van der Waals surface area contributed by atoms with Crippen LogP contribution in [0.2, 0.25) is 5.02 Å². The van der Waals surface area contributed by atoms with E-state index in [1.807, 2.05) is 22.6 Å². The maximum atomic E-state index is 13.1. The van der Waals surface area contributed by atoms with E-state index in [4.69, 9.17) is 16.3 Å². The highest BCUT2D eigenvalue weighted by molar-refractivity contribution is 14.1. The molecule has 0 bridgehead atoms. The standard InChI is InChI=1S/C17H17ClINO4S/c1-12(2)24-17(21)11-20(16-6-4-3-5-15(16)19)25(22,23)14-9-7-13(18)8-10-14/h3-10,12H,11H2,1-2H3. The molecule has 0 atom stereocenters. The molecule has 0 fully saturated rings. The highest BCUT2D eigenvalue weighted by Gasteiger charge is 2.29. The molecule has 5 nitrogen and oxygen atoms in total. The predicted octanol–water partition coefficient (Wildman–Crippen LogP) is 4.09. The molecule has 2 rings (SSSR count). The van der Waals surface area contributed by atoms with Gasteiger partial charge in [0, 0.05) is 8.59 Å². The van der Waals surface area contributed by atoms with Crippen molar-refractivity contribution < 1.29 is 17.9 Å². The van der Waals surface area contributed by atoms with Gasteiger partial charge in [-0.3, -0.25) is 9.10 Å². The minimum absolute atomic E-state index is 0.0499. The van der Waals surface area contributed by atoms with Gasteiger partial charge in [0.2, 0.25) is 0 Å². The summed E-state index contributed by atoms with van der Waals surface area (Å²) >= 11 is 7.87. The quantitative estimate of drug-likeness (QED) is 0.449. The Kier molecular flexibility index (Phi) is 6.70. The first-order chi connectivity index (χ1) is 11.7. The number of carbonyl (C=O) groups is 1. The van der Waals surface area contributed by atoms with E-state index in [0.717, 1.165) is 4.31 Å². The summed E-state index contributed by atoms with van der Waals surface area (Å²) in [6, 6.07) is 12.7. The maximum absolute atomic E-state index is 13.1. The number of esters is 1. The van der Waals surface area contributed by atoms with Gasteiger partial charge in [-0.1, -0.05) is 23.7 Å². The summed E-state index contributed by atoms with van der Waals surface area (Å²) in [6.07, 6.45) is -0.331. The Bertz CT molecular complexity index is 853. The number of anilines is 1. The van der Waals surface area contributed by atoms with E-state index in [0.29, 0.717) is 14.3 Å². The number of sulfonamides is 1. The van der Waals surface area contributed by atoms with Crippen LogP contribution in [0.25, 0.3) is 0 Å². The van der Waals surface area contributed by atoms with Crippen molar-refractivity contribution in [3.8, 4) is 0 Å². The molecule has 0 spiro atoms. The maximum Gasteiger partial charge on any atom is 0.327 e. The largest absolute Gasteiger partial charge is 0.462 e. The molecule has 2 aromatic carbocycles. The molecule has 8 heteroatoms. The fourth-order valence-electron chi connectivity index (χ4n) is 2.10. The van der Waals surface area contributed by atoms with Crippen LogP contribution in [-0.2, 0) is 19.6 Å². The Hall–Kier alpha value is -1.32. The molecule has 0 aliphatic rings. The second-order valence-corrected chi connectivity index (χ2v) is 8.92. The topological polar surface area (TPSA) is 63.7 Å². The first kappa shape index (κ1) is 20.0. The molecule has 0 saturated heterocycles. The van der Waals surface area contributed by atoms with Gasteiger partial charge in [-0.15, -0.1) is 0 Å². The zero-order chi connectivity index (χ0) is 18.6. The molecule has 2 aromatic rings. The first-order valence-corrected chi connectivity index (χ1v) is 10.3. The lowest BCUT2D eigenvalue weighted by Crippen LogP contribution is -2.37. The lowest BCUT2D eigenvalue weighted by Gasteiger charge is -2.25. The second kappa shape index (κ2) is 8.37. The highest BCUT2D eigenvalue weighted by Crippen LogP contribution is 2.28. The summed E-state index contributed by atoms with van der Waals surface area (Å²) in [5.41, 5.74) is 0.416. The summed E-state index contributed by atoms with van der Waals surface area (Å²) < 4.78 is 33.1. The number of carbonyl (C=O) groups excluding carboxylic acids is 1. The molecule has 0 heterocycles. The fourth-order valence-corrected chi connectivity index (χ4v) is 4.50. The fraction of sp³-hybridized carbons (Fsp3) is 0.235. The third-order valence-corrected chi connectivity index (χ3v) is 6.10. The Morgan fingerprint density at radius 1 is 1.16 bits per heavy atom. The zero-order valence-corrected chi connectivity index (χ0v) is 17.4. The van der Waals surface area contributed by atoms with Crippen LogP contribution in [0, 0.1) is 3.57 Å². The molecular formula is C17H17ClINO4S. The van der Waals surface area contributed by atoms with Crippen molar-refractivity contribution >= 4 is 55.9 Å². The molecule has 0 N–H and O–H groups in total. The number of halogens is 2. The van der Waals surface area contributed by atoms with E-state index >= 15 is 0 Å². The second-order valence-electron chi connectivity index (χ2n) is 5.46. The lowest BCUT2D eigenvalue weighted by atomic mass is 10.3. The van der Waals surface area contributed by atoms with Gasteiger partial charge in [0.25, 0.3) is 10.0 Å². The molecule has 25 heavy (non-hydrogen) atoms. The summed E-state index contributed by atoms with van der Waals surface area (Å²) in [6.45, 7) is 3.01. The number of benzene rings is 2. The molecule has 0 radical (unpaired) electrons. The molecule has 0 aliphatic heterocycles. The van der Waals surface area contributed by atoms with Gasteiger partial charge >= 0.3 is 5.97 Å². The van der Waals surface area contributed by atoms with Crippen LogP contribution in [0.5, 0.6) is 0 Å². The first-order valence-electron chi connectivity index (χ1n) is 7.44. The number of nitrogens with zero attached hydrogens (tertiary/aromatic N) is 1. The minimum atomic E-state index is -3.96. The van der Waals surface area contributed by atoms with Crippen molar-refractivity contribution in [3.63, 3.8) is 0 Å². The number of ether oxygens (including phenoxy) is 1. The van der Waals surface area contributed by atoms with Gasteiger partial charge in [0.15, 0.2) is 0 Å². The Balaban J connectivity index is 2.48. The number of para-hydroxylation sites is 1. The highest BCUT2D eigenvalue weighted by atomic mass is 127. The lowest BCUT2D eigenvalue weighted by molar-refractivity contribution is -0.145. The summed E-state index contributed by atoms with van der Waals surface area (Å²) in [5, 5.41) is 0.430. The van der Waals surface area contributed by atoms with Crippen molar-refractivity contribution in [2.24, 2.45) is 0 Å². The van der Waals surface area contributed by atoms with Crippen LogP contribution in [0.1, 0.15) is 13.8 Å². The van der Waals surface area contributed by atoms with Gasteiger partial charge in [-0.2, -0.15) is 0 Å². The van der Waals surface area contributed by atoms with E-state index in [9.17, 15) is 13.2 Å². The van der Waals surface area contributed by atoms with Crippen LogP contribution in [0.15, 0.2) is 53.4 Å². The molecule has 0 aromatic heterocycles. The third kappa shape index (κ3) is 5.08. The summed E-state index contributed by atoms with van der Waals surface area (Å²) in [4.78, 5) is 12.2. The Morgan fingerprint density at radius 2 is 1.76 bits per heavy atom. The minimum Gasteiger partial charge on any atom is -0.462 e. The smallest absolute Gasteiger partial charge is 0.327 e. The predicted molar refractivity (Wildman–Crippen MR) is 106 cm³/mol. The zero-order valence-electron chi connectivity index (χ0n) is 13.6. The van der Waals surface area contributed by atoms with Crippen molar-refractivity contribution in [2.75, 3.05) is 10.8 Å². The molecule has 0 saturated carbocycles. The third-order valence-electron chi connectivity index (χ3n) is 3.16. The average molecular weight is 494 g/mol. The molecular weight excluding hydrogens is 477 g/mol. The van der Waals surface area contributed by atoms with Crippen LogP contribution in [0.3, 0.4) is 0 Å². The van der Waals surface area contributed by atoms with Gasteiger partial charge in [0.05, 0.1) is 16.7 Å². The van der Waals surface area contributed by atoms with Gasteiger partial charge in [-0.05, 0) is 72.8 Å². The molecule has 0 amide bonds. The van der Waals surface area contributed by atoms with Crippen molar-refractivity contribution in [1.82, 2.24) is 0 Å². The van der Waals surface area contributed by atoms with Crippen LogP contribution >= 0.6 is 34.2 Å². The van der Waals surface area contributed by atoms with Crippen molar-refractivity contribution in [1.29, 1.82) is 0 Å². The molecule has 134 valence electrons. The van der Waals surface area contributed by atoms with E-state index in [-0.39, 0.29) is 11.0 Å². The van der Waals surface area contributed by atoms with E-state index in [1.54, 1.807) is 38.1 Å². The summed E-state index contributed by atoms with van der Waals surface area (Å²) in [7, 11) is -3.96. The SMILES string of the molecule is CC(C)OC(=O)CN(c1ccccc1I)S(=O)(=O)c1ccc(Cl)cc1. The Labute approximate surface area is 166 Å². The average Bonchev–Trinajstić information content (AvgIpc) is 2.53. The van der Waals surface area contributed by atoms with Crippen molar-refractivity contribution in [3.05, 3.63) is 57.1 Å². The number of hydrogen-bond donors (Lipinski definition) is 0. The Morgan fingerprint density at radius 3 is 2.32 bits per heavy atom. The normalized spacial score (nSPS) is 11.4. The number of hydrogen-bond acceptors (Lipinski definition) is 4. The molecule has 0 unspecified atom stereocenters. The van der Waals surface area contributed by atoms with Gasteiger partial charge in [-0.25, -0.2) is 8.42 Å². The van der Waals surface area contributed by atoms with Gasteiger partial charge < -0.3 is 4.74 Å². The number of rotatable bonds is 6. The van der Waals surface area contributed by atoms with E-state index in [2.05, 4.69) is 0 Å². The van der Waals surface area contributed by atoms with E-state index in [1.165, 1.54) is 24.3 Å². The molecule has 0 aliphatic carbocycles. The monoisotopic (exact) mass is 493 g/mol. The van der Waals surface area contributed by atoms with Crippen molar-refractivity contribution in [2.45, 2.75) is 24.8 Å². The van der Waals surface area contributed by atoms with Gasteiger partial charge in [0.1, 0.15) is 6.54 Å². The van der Waals surface area contributed by atoms with Crippen LogP contribution < -0.4 is 4.31 Å². The summed E-state index contributed by atoms with van der Waals surface area (Å²) in [5.74, 6) is -0.618.